The van der Waals surface area contributed by atoms with E-state index < -0.39 is 23.2 Å². The first kappa shape index (κ1) is 21.5. The molecule has 10 heteroatoms. The molecule has 172 valence electrons. The van der Waals surface area contributed by atoms with E-state index >= 15 is 0 Å². The summed E-state index contributed by atoms with van der Waals surface area (Å²) in [4.78, 5) is 7.99. The van der Waals surface area contributed by atoms with Crippen LogP contribution in [-0.2, 0) is 13.6 Å². The molecule has 0 fully saturated rings. The molecule has 0 atom stereocenters. The van der Waals surface area contributed by atoms with Crippen LogP contribution < -0.4 is 4.74 Å². The average molecular weight is 465 g/mol. The van der Waals surface area contributed by atoms with Gasteiger partial charge >= 0.3 is 0 Å². The van der Waals surface area contributed by atoms with Gasteiger partial charge in [0, 0.05) is 30.6 Å². The zero-order valence-corrected chi connectivity index (χ0v) is 18.1. The van der Waals surface area contributed by atoms with E-state index in [4.69, 9.17) is 4.74 Å². The second-order valence-corrected chi connectivity index (χ2v) is 7.78. The molecular formula is C24H18F3N5O2. The van der Waals surface area contributed by atoms with Crippen LogP contribution in [0.5, 0.6) is 17.5 Å². The molecule has 0 aliphatic carbocycles. The molecule has 0 aliphatic rings. The molecule has 34 heavy (non-hydrogen) atoms. The molecule has 1 N–H and O–H groups in total. The van der Waals surface area contributed by atoms with E-state index in [9.17, 15) is 18.3 Å². The van der Waals surface area contributed by atoms with Crippen LogP contribution in [0.3, 0.4) is 0 Å². The second-order valence-electron chi connectivity index (χ2n) is 7.78. The topological polar surface area (TPSA) is 78.0 Å². The van der Waals surface area contributed by atoms with Gasteiger partial charge in [0.2, 0.25) is 17.5 Å². The van der Waals surface area contributed by atoms with E-state index in [-0.39, 0.29) is 29.2 Å². The second kappa shape index (κ2) is 8.22. The van der Waals surface area contributed by atoms with Crippen LogP contribution in [0.2, 0.25) is 0 Å². The SMILES string of the molecule is Cc1nn(C)cc1-c1ccc(Cn2cc3ncnc(Oc4c(F)cccc4F)c3c2O)c(F)c1. The number of fused-ring (bicyclic) bond motifs is 1. The lowest BCUT2D eigenvalue weighted by atomic mass is 10.0. The molecule has 5 aromatic rings. The van der Waals surface area contributed by atoms with Crippen LogP contribution in [0.25, 0.3) is 22.0 Å². The molecule has 0 saturated carbocycles. The lowest BCUT2D eigenvalue weighted by Gasteiger charge is -2.09. The van der Waals surface area contributed by atoms with Crippen molar-refractivity contribution in [2.24, 2.45) is 7.05 Å². The fraction of sp³-hybridized carbons (Fsp3) is 0.125. The Labute approximate surface area is 191 Å². The van der Waals surface area contributed by atoms with Gasteiger partial charge in [-0.1, -0.05) is 18.2 Å². The monoisotopic (exact) mass is 465 g/mol. The molecular weight excluding hydrogens is 447 g/mol. The molecule has 7 nitrogen and oxygen atoms in total. The third kappa shape index (κ3) is 3.72. The van der Waals surface area contributed by atoms with Gasteiger partial charge in [0.05, 0.1) is 17.8 Å². The Bertz CT molecular complexity index is 1520. The maximum absolute atomic E-state index is 14.9. The first-order valence-corrected chi connectivity index (χ1v) is 10.3. The number of aromatic hydroxyl groups is 1. The van der Waals surface area contributed by atoms with Crippen molar-refractivity contribution in [2.75, 3.05) is 0 Å². The summed E-state index contributed by atoms with van der Waals surface area (Å²) in [5.74, 6) is -3.51. The van der Waals surface area contributed by atoms with Crippen molar-refractivity contribution >= 4 is 10.9 Å². The van der Waals surface area contributed by atoms with E-state index in [0.717, 1.165) is 29.7 Å². The van der Waals surface area contributed by atoms with E-state index in [2.05, 4.69) is 15.1 Å². The Hall–Kier alpha value is -4.34. The maximum atomic E-state index is 14.9. The number of halogens is 3. The highest BCUT2D eigenvalue weighted by molar-refractivity contribution is 5.89. The minimum atomic E-state index is -0.920. The molecule has 0 unspecified atom stereocenters. The number of hydrogen-bond acceptors (Lipinski definition) is 5. The van der Waals surface area contributed by atoms with Crippen LogP contribution in [0.4, 0.5) is 13.2 Å². The van der Waals surface area contributed by atoms with E-state index in [0.29, 0.717) is 11.1 Å². The molecule has 3 heterocycles. The summed E-state index contributed by atoms with van der Waals surface area (Å²) in [5, 5.41) is 15.1. The Morgan fingerprint density at radius 1 is 1.00 bits per heavy atom. The van der Waals surface area contributed by atoms with Crippen LogP contribution in [0.1, 0.15) is 11.3 Å². The van der Waals surface area contributed by atoms with Crippen molar-refractivity contribution < 1.29 is 23.0 Å². The number of aromatic nitrogens is 5. The molecule has 0 saturated heterocycles. The van der Waals surface area contributed by atoms with Gasteiger partial charge in [0.15, 0.2) is 11.6 Å². The summed E-state index contributed by atoms with van der Waals surface area (Å²) < 4.78 is 51.4. The summed E-state index contributed by atoms with van der Waals surface area (Å²) in [7, 11) is 1.79. The number of aryl methyl sites for hydroxylation is 2. The first-order chi connectivity index (χ1) is 16.3. The van der Waals surface area contributed by atoms with Crippen molar-refractivity contribution in [2.45, 2.75) is 13.5 Å². The largest absolute Gasteiger partial charge is 0.494 e. The van der Waals surface area contributed by atoms with Crippen molar-refractivity contribution in [3.05, 3.63) is 83.8 Å². The fourth-order valence-electron chi connectivity index (χ4n) is 3.83. The zero-order valence-electron chi connectivity index (χ0n) is 18.1. The lowest BCUT2D eigenvalue weighted by molar-refractivity contribution is 0.393. The van der Waals surface area contributed by atoms with Crippen LogP contribution in [0, 0.1) is 24.4 Å². The van der Waals surface area contributed by atoms with Crippen LogP contribution in [-0.4, -0.2) is 29.4 Å². The van der Waals surface area contributed by atoms with E-state index in [1.54, 1.807) is 23.9 Å². The molecule has 0 bridgehead atoms. The summed E-state index contributed by atoms with van der Waals surface area (Å²) in [5.41, 5.74) is 2.86. The van der Waals surface area contributed by atoms with E-state index in [1.165, 1.54) is 22.9 Å². The number of nitrogens with zero attached hydrogens (tertiary/aromatic N) is 5. The predicted octanol–water partition coefficient (Wildman–Crippen LogP) is 5.10. The lowest BCUT2D eigenvalue weighted by Crippen LogP contribution is -2.00. The molecule has 3 aromatic heterocycles. The smallest absolute Gasteiger partial charge is 0.236 e. The minimum absolute atomic E-state index is 0.0200. The normalized spacial score (nSPS) is 11.3. The standard InChI is InChI=1S/C24H18F3N5O2/c1-13-16(10-31(2)30-13)14-6-7-15(19(27)8-14)9-32-11-20-21(24(32)33)23(29-12-28-20)34-22-17(25)4-3-5-18(22)26/h3-8,10-12,33H,9H2,1-2H3. The average Bonchev–Trinajstić information content (AvgIpc) is 3.30. The molecule has 0 aliphatic heterocycles. The fourth-order valence-corrected chi connectivity index (χ4v) is 3.83. The van der Waals surface area contributed by atoms with Crippen LogP contribution in [0.15, 0.2) is 55.1 Å². The highest BCUT2D eigenvalue weighted by Crippen LogP contribution is 2.37. The molecule has 0 spiro atoms. The summed E-state index contributed by atoms with van der Waals surface area (Å²) in [6.07, 6.45) is 4.44. The maximum Gasteiger partial charge on any atom is 0.236 e. The molecule has 2 aromatic carbocycles. The van der Waals surface area contributed by atoms with Gasteiger partial charge in [0.25, 0.3) is 0 Å². The Morgan fingerprint density at radius 2 is 1.76 bits per heavy atom. The van der Waals surface area contributed by atoms with Crippen molar-refractivity contribution in [1.29, 1.82) is 0 Å². The van der Waals surface area contributed by atoms with Gasteiger partial charge in [-0.25, -0.2) is 23.1 Å². The summed E-state index contributed by atoms with van der Waals surface area (Å²) >= 11 is 0. The van der Waals surface area contributed by atoms with E-state index in [1.807, 2.05) is 13.1 Å². The Morgan fingerprint density at radius 3 is 2.44 bits per heavy atom. The van der Waals surface area contributed by atoms with Gasteiger partial charge in [-0.3, -0.25) is 4.68 Å². The highest BCUT2D eigenvalue weighted by Gasteiger charge is 2.20. The van der Waals surface area contributed by atoms with Gasteiger partial charge in [0.1, 0.15) is 17.5 Å². The summed E-state index contributed by atoms with van der Waals surface area (Å²) in [6, 6.07) is 8.10. The van der Waals surface area contributed by atoms with Crippen molar-refractivity contribution in [3.63, 3.8) is 0 Å². The van der Waals surface area contributed by atoms with Crippen molar-refractivity contribution in [3.8, 4) is 28.6 Å². The molecule has 0 radical (unpaired) electrons. The predicted molar refractivity (Wildman–Crippen MR) is 118 cm³/mol. The minimum Gasteiger partial charge on any atom is -0.494 e. The number of rotatable bonds is 5. The van der Waals surface area contributed by atoms with Gasteiger partial charge in [-0.05, 0) is 30.7 Å². The third-order valence-electron chi connectivity index (χ3n) is 5.45. The highest BCUT2D eigenvalue weighted by atomic mass is 19.1. The quantitative estimate of drug-likeness (QED) is 0.391. The zero-order chi connectivity index (χ0) is 24.0. The molecule has 0 amide bonds. The molecule has 5 rings (SSSR count). The number of benzene rings is 2. The number of ether oxygens (including phenoxy) is 1. The number of hydrogen-bond donors (Lipinski definition) is 1. The van der Waals surface area contributed by atoms with Gasteiger partial charge < -0.3 is 14.4 Å². The van der Waals surface area contributed by atoms with Crippen LogP contribution >= 0.6 is 0 Å². The van der Waals surface area contributed by atoms with Gasteiger partial charge in [-0.2, -0.15) is 5.10 Å². The number of para-hydroxylation sites is 1. The summed E-state index contributed by atoms with van der Waals surface area (Å²) in [6.45, 7) is 1.83. The Kier molecular flexibility index (Phi) is 5.20. The Balaban J connectivity index is 1.49. The third-order valence-corrected chi connectivity index (χ3v) is 5.45. The first-order valence-electron chi connectivity index (χ1n) is 10.3. The van der Waals surface area contributed by atoms with Gasteiger partial charge in [-0.15, -0.1) is 0 Å². The van der Waals surface area contributed by atoms with Crippen molar-refractivity contribution in [1.82, 2.24) is 24.3 Å².